The molecule has 6 N–H and O–H groups in total. The lowest BCUT2D eigenvalue weighted by Crippen LogP contribution is -2.46. The van der Waals surface area contributed by atoms with Crippen LogP contribution in [-0.2, 0) is 0 Å². The van der Waals surface area contributed by atoms with E-state index in [1.165, 1.54) is 4.90 Å². The molecule has 0 bridgehead atoms. The Labute approximate surface area is 108 Å². The van der Waals surface area contributed by atoms with Crippen LogP contribution in [0.3, 0.4) is 0 Å². The van der Waals surface area contributed by atoms with Crippen LogP contribution in [0.15, 0.2) is 0 Å². The summed E-state index contributed by atoms with van der Waals surface area (Å²) in [6, 6.07) is 0. The van der Waals surface area contributed by atoms with Gasteiger partial charge >= 0.3 is 0 Å². The largest absolute Gasteiger partial charge is 0.504 e. The monoisotopic (exact) mass is 270 g/mol. The summed E-state index contributed by atoms with van der Waals surface area (Å²) in [7, 11) is 0. The molecule has 0 unspecified atom stereocenters. The van der Waals surface area contributed by atoms with E-state index in [2.05, 4.69) is 5.32 Å². The maximum atomic E-state index is 12.1. The molecule has 1 aliphatic rings. The Kier molecular flexibility index (Phi) is 3.26. The Bertz CT molecular complexity index is 495. The molecule has 1 aromatic rings. The third-order valence-corrected chi connectivity index (χ3v) is 2.99. The van der Waals surface area contributed by atoms with Crippen molar-refractivity contribution in [2.75, 3.05) is 26.2 Å². The van der Waals surface area contributed by atoms with Gasteiger partial charge in [0.1, 0.15) is 5.56 Å². The number of carbonyl (C=O) groups excluding carboxylic acids is 1. The molecule has 0 spiro atoms. The van der Waals surface area contributed by atoms with Gasteiger partial charge in [0.15, 0.2) is 11.5 Å². The lowest BCUT2D eigenvalue weighted by Gasteiger charge is -2.28. The number of aromatic hydroxyl groups is 5. The van der Waals surface area contributed by atoms with E-state index in [1.807, 2.05) is 0 Å². The summed E-state index contributed by atoms with van der Waals surface area (Å²) >= 11 is 0. The van der Waals surface area contributed by atoms with Crippen LogP contribution in [-0.4, -0.2) is 62.5 Å². The average Bonchev–Trinajstić information content (AvgIpc) is 2.44. The molecule has 1 aliphatic heterocycles. The highest BCUT2D eigenvalue weighted by Crippen LogP contribution is 2.50. The van der Waals surface area contributed by atoms with Gasteiger partial charge < -0.3 is 35.7 Å². The summed E-state index contributed by atoms with van der Waals surface area (Å²) in [5.41, 5.74) is -0.630. The van der Waals surface area contributed by atoms with Crippen molar-refractivity contribution in [1.29, 1.82) is 0 Å². The van der Waals surface area contributed by atoms with Crippen LogP contribution >= 0.6 is 0 Å². The van der Waals surface area contributed by atoms with Gasteiger partial charge in [-0.1, -0.05) is 0 Å². The number of hydrogen-bond donors (Lipinski definition) is 6. The zero-order valence-electron chi connectivity index (χ0n) is 9.92. The molecule has 0 saturated carbocycles. The van der Waals surface area contributed by atoms with Gasteiger partial charge in [-0.15, -0.1) is 0 Å². The zero-order valence-corrected chi connectivity index (χ0v) is 9.92. The van der Waals surface area contributed by atoms with E-state index in [0.29, 0.717) is 26.2 Å². The minimum Gasteiger partial charge on any atom is -0.504 e. The highest BCUT2D eigenvalue weighted by Gasteiger charge is 2.30. The third kappa shape index (κ3) is 2.06. The lowest BCUT2D eigenvalue weighted by molar-refractivity contribution is 0.0727. The predicted octanol–water partition coefficient (Wildman–Crippen LogP) is -0.740. The Hall–Kier alpha value is -2.35. The Morgan fingerprint density at radius 3 is 1.74 bits per heavy atom. The van der Waals surface area contributed by atoms with Crippen molar-refractivity contribution < 1.29 is 30.3 Å². The molecule has 0 aromatic heterocycles. The zero-order chi connectivity index (χ0) is 14.2. The summed E-state index contributed by atoms with van der Waals surface area (Å²) in [6.45, 7) is 1.84. The molecule has 1 aromatic carbocycles. The van der Waals surface area contributed by atoms with Crippen molar-refractivity contribution >= 4 is 5.91 Å². The van der Waals surface area contributed by atoms with Gasteiger partial charge in [0.05, 0.1) is 0 Å². The predicted molar refractivity (Wildman–Crippen MR) is 63.5 cm³/mol. The number of carbonyl (C=O) groups is 1. The summed E-state index contributed by atoms with van der Waals surface area (Å²) < 4.78 is 0. The van der Waals surface area contributed by atoms with E-state index in [0.717, 1.165) is 0 Å². The van der Waals surface area contributed by atoms with Gasteiger partial charge in [-0.3, -0.25) is 4.79 Å². The molecule has 1 saturated heterocycles. The van der Waals surface area contributed by atoms with Crippen LogP contribution < -0.4 is 5.32 Å². The Morgan fingerprint density at radius 1 is 0.842 bits per heavy atom. The van der Waals surface area contributed by atoms with E-state index >= 15 is 0 Å². The van der Waals surface area contributed by atoms with Crippen LogP contribution in [0.2, 0.25) is 0 Å². The number of amides is 1. The van der Waals surface area contributed by atoms with Gasteiger partial charge in [0, 0.05) is 26.2 Å². The van der Waals surface area contributed by atoms with E-state index in [4.69, 9.17) is 0 Å². The molecule has 1 heterocycles. The number of phenolic OH excluding ortho intramolecular Hbond substituents is 5. The number of nitrogens with one attached hydrogen (secondary N) is 1. The molecule has 0 aliphatic carbocycles. The number of benzene rings is 1. The van der Waals surface area contributed by atoms with Crippen molar-refractivity contribution in [2.24, 2.45) is 0 Å². The van der Waals surface area contributed by atoms with Crippen LogP contribution in [0, 0.1) is 0 Å². The second-order valence-electron chi connectivity index (χ2n) is 4.16. The quantitative estimate of drug-likeness (QED) is 0.292. The summed E-state index contributed by atoms with van der Waals surface area (Å²) in [5, 5.41) is 50.3. The van der Waals surface area contributed by atoms with Crippen molar-refractivity contribution in [3.63, 3.8) is 0 Å². The van der Waals surface area contributed by atoms with E-state index in [1.54, 1.807) is 0 Å². The number of nitrogens with zero attached hydrogens (tertiary/aromatic N) is 1. The van der Waals surface area contributed by atoms with E-state index < -0.39 is 40.2 Å². The Balaban J connectivity index is 2.47. The molecule has 8 nitrogen and oxygen atoms in total. The fraction of sp³-hybridized carbons (Fsp3) is 0.364. The normalized spacial score (nSPS) is 15.5. The maximum Gasteiger partial charge on any atom is 0.261 e. The second kappa shape index (κ2) is 4.73. The maximum absolute atomic E-state index is 12.1. The number of phenols is 5. The fourth-order valence-electron chi connectivity index (χ4n) is 1.91. The SMILES string of the molecule is O=C(c1c(O)c(O)c(O)c(O)c1O)N1CCNCC1. The minimum absolute atomic E-state index is 0.361. The standard InChI is InChI=1S/C11H14N2O6/c14-6-5(7(15)9(17)10(18)8(6)16)11(19)13-3-1-12-2-4-13/h12,14-18H,1-4H2. The van der Waals surface area contributed by atoms with E-state index in [-0.39, 0.29) is 0 Å². The second-order valence-corrected chi connectivity index (χ2v) is 4.16. The summed E-state index contributed by atoms with van der Waals surface area (Å²) in [6.07, 6.45) is 0. The van der Waals surface area contributed by atoms with Crippen molar-refractivity contribution in [3.05, 3.63) is 5.56 Å². The molecule has 1 fully saturated rings. The van der Waals surface area contributed by atoms with Crippen LogP contribution in [0.5, 0.6) is 28.7 Å². The van der Waals surface area contributed by atoms with Crippen LogP contribution in [0.4, 0.5) is 0 Å². The topological polar surface area (TPSA) is 133 Å². The molecule has 104 valence electrons. The Morgan fingerprint density at radius 2 is 1.26 bits per heavy atom. The van der Waals surface area contributed by atoms with Gasteiger partial charge in [-0.25, -0.2) is 0 Å². The molecule has 1 amide bonds. The number of piperazine rings is 1. The van der Waals surface area contributed by atoms with Crippen LogP contribution in [0.1, 0.15) is 10.4 Å². The van der Waals surface area contributed by atoms with Gasteiger partial charge in [0.2, 0.25) is 17.2 Å². The highest BCUT2D eigenvalue weighted by molar-refractivity contribution is 6.02. The van der Waals surface area contributed by atoms with Crippen molar-refractivity contribution in [2.45, 2.75) is 0 Å². The first-order valence-corrected chi connectivity index (χ1v) is 5.64. The smallest absolute Gasteiger partial charge is 0.261 e. The molecular formula is C11H14N2O6. The first kappa shape index (κ1) is 13.1. The van der Waals surface area contributed by atoms with Crippen LogP contribution in [0.25, 0.3) is 0 Å². The van der Waals surface area contributed by atoms with Gasteiger partial charge in [-0.05, 0) is 0 Å². The summed E-state index contributed by atoms with van der Waals surface area (Å²) in [5.74, 6) is -5.83. The molecule has 2 rings (SSSR count). The number of hydrogen-bond acceptors (Lipinski definition) is 7. The average molecular weight is 270 g/mol. The van der Waals surface area contributed by atoms with Gasteiger partial charge in [0.25, 0.3) is 5.91 Å². The minimum atomic E-state index is -1.08. The molecule has 8 heteroatoms. The van der Waals surface area contributed by atoms with Crippen molar-refractivity contribution in [3.8, 4) is 28.7 Å². The molecule has 0 radical (unpaired) electrons. The highest BCUT2D eigenvalue weighted by atomic mass is 16.4. The molecular weight excluding hydrogens is 256 g/mol. The van der Waals surface area contributed by atoms with Gasteiger partial charge in [-0.2, -0.15) is 0 Å². The first-order chi connectivity index (χ1) is 8.95. The van der Waals surface area contributed by atoms with Crippen molar-refractivity contribution in [1.82, 2.24) is 10.2 Å². The lowest BCUT2D eigenvalue weighted by atomic mass is 10.1. The fourth-order valence-corrected chi connectivity index (χ4v) is 1.91. The van der Waals surface area contributed by atoms with E-state index in [9.17, 15) is 30.3 Å². The molecule has 0 atom stereocenters. The third-order valence-electron chi connectivity index (χ3n) is 2.99. The molecule has 19 heavy (non-hydrogen) atoms. The number of rotatable bonds is 1. The summed E-state index contributed by atoms with van der Waals surface area (Å²) in [4.78, 5) is 13.5. The first-order valence-electron chi connectivity index (χ1n) is 5.64.